The van der Waals surface area contributed by atoms with Crippen molar-refractivity contribution in [3.63, 3.8) is 0 Å². The molecule has 10 nitrogen and oxygen atoms in total. The average Bonchev–Trinajstić information content (AvgIpc) is 3.42. The summed E-state index contributed by atoms with van der Waals surface area (Å²) in [6, 6.07) is 10.5. The number of nitrogens with zero attached hydrogens (tertiary/aromatic N) is 5. The lowest BCUT2D eigenvalue weighted by atomic mass is 10.3. The van der Waals surface area contributed by atoms with Gasteiger partial charge in [0.15, 0.2) is 12.4 Å². The number of ether oxygens (including phenoxy) is 1. The van der Waals surface area contributed by atoms with E-state index in [4.69, 9.17) is 9.15 Å². The number of fused-ring (bicyclic) bond motifs is 1. The molecule has 0 radical (unpaired) electrons. The minimum Gasteiger partial charge on any atom is -0.459 e. The quantitative estimate of drug-likeness (QED) is 0.578. The van der Waals surface area contributed by atoms with Gasteiger partial charge in [0, 0.05) is 26.2 Å². The van der Waals surface area contributed by atoms with Crippen molar-refractivity contribution in [2.75, 3.05) is 32.8 Å². The number of para-hydroxylation sites is 1. The zero-order valence-corrected chi connectivity index (χ0v) is 15.6. The second-order valence-electron chi connectivity index (χ2n) is 6.55. The minimum absolute atomic E-state index is 0.126. The van der Waals surface area contributed by atoms with Crippen molar-refractivity contribution < 1.29 is 23.5 Å². The molecule has 2 amide bonds. The van der Waals surface area contributed by atoms with Gasteiger partial charge in [-0.15, -0.1) is 5.10 Å². The fourth-order valence-corrected chi connectivity index (χ4v) is 3.15. The van der Waals surface area contributed by atoms with Crippen LogP contribution in [-0.4, -0.2) is 75.4 Å². The van der Waals surface area contributed by atoms with E-state index in [1.807, 2.05) is 12.1 Å². The highest BCUT2D eigenvalue weighted by Crippen LogP contribution is 2.11. The molecule has 3 heterocycles. The Morgan fingerprint density at radius 2 is 1.76 bits per heavy atom. The van der Waals surface area contributed by atoms with E-state index in [-0.39, 0.29) is 30.7 Å². The summed E-state index contributed by atoms with van der Waals surface area (Å²) in [4.78, 5) is 39.8. The Morgan fingerprint density at radius 3 is 2.52 bits per heavy atom. The maximum absolute atomic E-state index is 12.3. The third kappa shape index (κ3) is 4.10. The number of aromatic nitrogens is 3. The van der Waals surface area contributed by atoms with Gasteiger partial charge in [0.1, 0.15) is 12.1 Å². The number of rotatable bonds is 5. The molecule has 3 aromatic rings. The molecule has 1 saturated heterocycles. The lowest BCUT2D eigenvalue weighted by Crippen LogP contribution is -2.51. The predicted octanol–water partition coefficient (Wildman–Crippen LogP) is 0.552. The van der Waals surface area contributed by atoms with Crippen molar-refractivity contribution in [1.29, 1.82) is 0 Å². The van der Waals surface area contributed by atoms with Crippen LogP contribution in [-0.2, 0) is 20.9 Å². The fourth-order valence-electron chi connectivity index (χ4n) is 3.15. The molecular weight excluding hydrogens is 378 g/mol. The third-order valence-electron chi connectivity index (χ3n) is 4.71. The molecule has 2 aromatic heterocycles. The van der Waals surface area contributed by atoms with Gasteiger partial charge in [-0.3, -0.25) is 14.4 Å². The Morgan fingerprint density at radius 1 is 1.00 bits per heavy atom. The van der Waals surface area contributed by atoms with Gasteiger partial charge in [0.05, 0.1) is 11.8 Å². The molecule has 4 rings (SSSR count). The predicted molar refractivity (Wildman–Crippen MR) is 99.7 cm³/mol. The highest BCUT2D eigenvalue weighted by Gasteiger charge is 2.26. The third-order valence-corrected chi connectivity index (χ3v) is 4.71. The molecule has 0 bridgehead atoms. The van der Waals surface area contributed by atoms with Crippen molar-refractivity contribution in [3.05, 3.63) is 48.4 Å². The average molecular weight is 397 g/mol. The Labute approximate surface area is 165 Å². The Bertz CT molecular complexity index is 1020. The molecular formula is C19H19N5O5. The van der Waals surface area contributed by atoms with E-state index >= 15 is 0 Å². The van der Waals surface area contributed by atoms with Gasteiger partial charge >= 0.3 is 5.97 Å². The van der Waals surface area contributed by atoms with Gasteiger partial charge in [-0.2, -0.15) is 0 Å². The maximum Gasteiger partial charge on any atom is 0.328 e. The van der Waals surface area contributed by atoms with Crippen molar-refractivity contribution in [1.82, 2.24) is 24.8 Å². The van der Waals surface area contributed by atoms with Gasteiger partial charge in [0.25, 0.3) is 11.8 Å². The number of hydrogen-bond donors (Lipinski definition) is 0. The van der Waals surface area contributed by atoms with Crippen LogP contribution in [0.15, 0.2) is 47.1 Å². The van der Waals surface area contributed by atoms with E-state index < -0.39 is 5.97 Å². The second kappa shape index (κ2) is 8.13. The van der Waals surface area contributed by atoms with Crippen molar-refractivity contribution in [3.8, 4) is 0 Å². The summed E-state index contributed by atoms with van der Waals surface area (Å²) in [5, 5.41) is 7.89. The normalized spacial score (nSPS) is 14.2. The number of amides is 2. The summed E-state index contributed by atoms with van der Waals surface area (Å²) >= 11 is 0. The molecule has 0 N–H and O–H groups in total. The summed E-state index contributed by atoms with van der Waals surface area (Å²) in [6.45, 7) is 1.05. The van der Waals surface area contributed by atoms with Gasteiger partial charge in [-0.25, -0.2) is 4.68 Å². The van der Waals surface area contributed by atoms with Crippen LogP contribution in [0.5, 0.6) is 0 Å². The van der Waals surface area contributed by atoms with E-state index in [2.05, 4.69) is 10.3 Å². The molecule has 1 fully saturated rings. The van der Waals surface area contributed by atoms with Crippen LogP contribution < -0.4 is 0 Å². The number of hydrogen-bond acceptors (Lipinski definition) is 7. The largest absolute Gasteiger partial charge is 0.459 e. The fraction of sp³-hybridized carbons (Fsp3) is 0.316. The SMILES string of the molecule is O=C(Cn1nnc2ccccc21)OCC(=O)N1CCN(C(=O)c2ccco2)CC1. The van der Waals surface area contributed by atoms with E-state index in [9.17, 15) is 14.4 Å². The molecule has 150 valence electrons. The maximum atomic E-state index is 12.3. The summed E-state index contributed by atoms with van der Waals surface area (Å²) in [6.07, 6.45) is 1.45. The minimum atomic E-state index is -0.569. The highest BCUT2D eigenvalue weighted by molar-refractivity contribution is 5.91. The number of furan rings is 1. The van der Waals surface area contributed by atoms with Crippen LogP contribution in [0.25, 0.3) is 11.0 Å². The van der Waals surface area contributed by atoms with Crippen LogP contribution in [0, 0.1) is 0 Å². The topological polar surface area (TPSA) is 111 Å². The van der Waals surface area contributed by atoms with E-state index in [1.54, 1.807) is 34.1 Å². The zero-order chi connectivity index (χ0) is 20.2. The standard InChI is InChI=1S/C19H19N5O5/c25-17(22-7-9-23(10-8-22)19(27)16-6-3-11-28-16)13-29-18(26)12-24-15-5-2-1-4-14(15)20-21-24/h1-6,11H,7-10,12-13H2. The lowest BCUT2D eigenvalue weighted by Gasteiger charge is -2.34. The molecule has 0 saturated carbocycles. The molecule has 1 aliphatic rings. The molecule has 10 heteroatoms. The van der Waals surface area contributed by atoms with Crippen LogP contribution in [0.1, 0.15) is 10.6 Å². The molecule has 1 aliphatic heterocycles. The number of benzene rings is 1. The smallest absolute Gasteiger partial charge is 0.328 e. The Kier molecular flexibility index (Phi) is 5.23. The van der Waals surface area contributed by atoms with Gasteiger partial charge in [0.2, 0.25) is 0 Å². The summed E-state index contributed by atoms with van der Waals surface area (Å²) in [5.74, 6) is -0.791. The van der Waals surface area contributed by atoms with E-state index in [0.29, 0.717) is 37.2 Å². The first-order chi connectivity index (χ1) is 14.1. The lowest BCUT2D eigenvalue weighted by molar-refractivity contribution is -0.153. The molecule has 1 aromatic carbocycles. The second-order valence-corrected chi connectivity index (χ2v) is 6.55. The first-order valence-electron chi connectivity index (χ1n) is 9.16. The monoisotopic (exact) mass is 397 g/mol. The van der Waals surface area contributed by atoms with Crippen molar-refractivity contribution >= 4 is 28.8 Å². The summed E-state index contributed by atoms with van der Waals surface area (Å²) in [7, 11) is 0. The van der Waals surface area contributed by atoms with Crippen LogP contribution in [0.3, 0.4) is 0 Å². The van der Waals surface area contributed by atoms with Crippen LogP contribution >= 0.6 is 0 Å². The molecule has 0 spiro atoms. The van der Waals surface area contributed by atoms with E-state index in [0.717, 1.165) is 0 Å². The first kappa shape index (κ1) is 18.7. The molecule has 0 aliphatic carbocycles. The van der Waals surface area contributed by atoms with Crippen LogP contribution in [0.4, 0.5) is 0 Å². The zero-order valence-electron chi connectivity index (χ0n) is 15.6. The van der Waals surface area contributed by atoms with Crippen molar-refractivity contribution in [2.45, 2.75) is 6.54 Å². The van der Waals surface area contributed by atoms with Crippen molar-refractivity contribution in [2.24, 2.45) is 0 Å². The summed E-state index contributed by atoms with van der Waals surface area (Å²) in [5.41, 5.74) is 1.39. The molecule has 29 heavy (non-hydrogen) atoms. The summed E-state index contributed by atoms with van der Waals surface area (Å²) < 4.78 is 11.6. The molecule has 0 atom stereocenters. The first-order valence-corrected chi connectivity index (χ1v) is 9.16. The number of piperazine rings is 1. The highest BCUT2D eigenvalue weighted by atomic mass is 16.5. The Balaban J connectivity index is 1.24. The number of carbonyl (C=O) groups is 3. The van der Waals surface area contributed by atoms with Gasteiger partial charge in [-0.05, 0) is 24.3 Å². The number of carbonyl (C=O) groups excluding carboxylic acids is 3. The Hall–Kier alpha value is -3.69. The molecule has 0 unspecified atom stereocenters. The van der Waals surface area contributed by atoms with E-state index in [1.165, 1.54) is 10.9 Å². The number of esters is 1. The van der Waals surface area contributed by atoms with Crippen LogP contribution in [0.2, 0.25) is 0 Å². The van der Waals surface area contributed by atoms with Gasteiger partial charge in [-0.1, -0.05) is 17.3 Å². The van der Waals surface area contributed by atoms with Gasteiger partial charge < -0.3 is 19.0 Å².